The molecular weight excluding hydrogens is 220 g/mol. The Labute approximate surface area is 113 Å². The molecule has 0 aromatic rings. The zero-order valence-corrected chi connectivity index (χ0v) is 12.6. The van der Waals surface area contributed by atoms with Gasteiger partial charge in [-0.05, 0) is 69.4 Å². The maximum atomic E-state index is 6.24. The molecule has 1 heterocycles. The zero-order chi connectivity index (χ0) is 13.2. The molecular formula is C16H32N2. The van der Waals surface area contributed by atoms with Crippen molar-refractivity contribution in [3.63, 3.8) is 0 Å². The minimum absolute atomic E-state index is 0.321. The van der Waals surface area contributed by atoms with Crippen LogP contribution >= 0.6 is 0 Å². The lowest BCUT2D eigenvalue weighted by molar-refractivity contribution is 0.0211. The zero-order valence-electron chi connectivity index (χ0n) is 12.6. The first-order valence-corrected chi connectivity index (χ1v) is 8.01. The molecule has 0 spiro atoms. The molecule has 2 aliphatic rings. The summed E-state index contributed by atoms with van der Waals surface area (Å²) in [5.41, 5.74) is 6.56. The van der Waals surface area contributed by atoms with Gasteiger partial charge in [-0.1, -0.05) is 20.8 Å². The average molecular weight is 252 g/mol. The molecule has 1 aliphatic carbocycles. The third-order valence-corrected chi connectivity index (χ3v) is 5.33. The van der Waals surface area contributed by atoms with Gasteiger partial charge < -0.3 is 5.73 Å². The van der Waals surface area contributed by atoms with Crippen LogP contribution in [0.2, 0.25) is 0 Å². The van der Waals surface area contributed by atoms with E-state index < -0.39 is 0 Å². The lowest BCUT2D eigenvalue weighted by Gasteiger charge is -2.49. The van der Waals surface area contributed by atoms with Gasteiger partial charge in [0.15, 0.2) is 0 Å². The van der Waals surface area contributed by atoms with Gasteiger partial charge in [0.25, 0.3) is 0 Å². The predicted molar refractivity (Wildman–Crippen MR) is 78.6 cm³/mol. The third-order valence-electron chi connectivity index (χ3n) is 5.33. The summed E-state index contributed by atoms with van der Waals surface area (Å²) >= 11 is 0. The van der Waals surface area contributed by atoms with Crippen LogP contribution in [0, 0.1) is 17.8 Å². The smallest absolute Gasteiger partial charge is 0.0336 e. The summed E-state index contributed by atoms with van der Waals surface area (Å²) < 4.78 is 0. The molecule has 0 aromatic carbocycles. The molecule has 0 aromatic heterocycles. The Bertz CT molecular complexity index is 254. The van der Waals surface area contributed by atoms with Crippen molar-refractivity contribution in [2.24, 2.45) is 23.5 Å². The Morgan fingerprint density at radius 1 is 1.00 bits per heavy atom. The molecule has 2 heteroatoms. The highest BCUT2D eigenvalue weighted by Crippen LogP contribution is 2.40. The molecule has 0 radical (unpaired) electrons. The number of nitrogens with two attached hydrogens (primary N) is 1. The Kier molecular flexibility index (Phi) is 4.71. The van der Waals surface area contributed by atoms with Gasteiger partial charge in [-0.3, -0.25) is 4.90 Å². The molecule has 1 aliphatic heterocycles. The van der Waals surface area contributed by atoms with E-state index in [0.717, 1.165) is 24.3 Å². The Balaban J connectivity index is 2.10. The second kappa shape index (κ2) is 5.92. The van der Waals surface area contributed by atoms with E-state index >= 15 is 0 Å². The summed E-state index contributed by atoms with van der Waals surface area (Å²) in [6.07, 6.45) is 8.18. The lowest BCUT2D eigenvalue weighted by Crippen LogP contribution is -2.57. The summed E-state index contributed by atoms with van der Waals surface area (Å²) in [6.45, 7) is 10.7. The van der Waals surface area contributed by atoms with E-state index in [1.807, 2.05) is 0 Å². The van der Waals surface area contributed by atoms with Gasteiger partial charge in [0.2, 0.25) is 0 Å². The molecule has 0 bridgehead atoms. The van der Waals surface area contributed by atoms with Gasteiger partial charge in [0, 0.05) is 12.1 Å². The number of nitrogens with zero attached hydrogens (tertiary/aromatic N) is 1. The number of hydrogen-bond donors (Lipinski definition) is 1. The van der Waals surface area contributed by atoms with Gasteiger partial charge in [-0.25, -0.2) is 0 Å². The van der Waals surface area contributed by atoms with Crippen molar-refractivity contribution in [1.82, 2.24) is 4.90 Å². The fraction of sp³-hybridized carbons (Fsp3) is 1.00. The number of rotatable bonds is 2. The van der Waals surface area contributed by atoms with E-state index in [9.17, 15) is 0 Å². The van der Waals surface area contributed by atoms with Crippen LogP contribution in [0.5, 0.6) is 0 Å². The summed E-state index contributed by atoms with van der Waals surface area (Å²) in [7, 11) is 0. The molecule has 2 rings (SSSR count). The van der Waals surface area contributed by atoms with Crippen LogP contribution in [0.3, 0.4) is 0 Å². The van der Waals surface area contributed by atoms with Crippen LogP contribution < -0.4 is 5.73 Å². The topological polar surface area (TPSA) is 29.3 Å². The maximum absolute atomic E-state index is 6.24. The van der Waals surface area contributed by atoms with Crippen molar-refractivity contribution in [1.29, 1.82) is 0 Å². The SMILES string of the molecule is CC1CCCN(C2(CN)CC(C)CC(C)C2)CC1. The van der Waals surface area contributed by atoms with E-state index in [2.05, 4.69) is 25.7 Å². The monoisotopic (exact) mass is 252 g/mol. The summed E-state index contributed by atoms with van der Waals surface area (Å²) in [5, 5.41) is 0. The van der Waals surface area contributed by atoms with Gasteiger partial charge >= 0.3 is 0 Å². The fourth-order valence-corrected chi connectivity index (χ4v) is 4.53. The van der Waals surface area contributed by atoms with Gasteiger partial charge in [0.1, 0.15) is 0 Å². The van der Waals surface area contributed by atoms with Crippen LogP contribution in [0.25, 0.3) is 0 Å². The second-order valence-electron chi connectivity index (χ2n) is 7.31. The van der Waals surface area contributed by atoms with Gasteiger partial charge in [0.05, 0.1) is 0 Å². The highest BCUT2D eigenvalue weighted by molar-refractivity contribution is 4.98. The molecule has 3 unspecified atom stereocenters. The summed E-state index contributed by atoms with van der Waals surface area (Å²) in [6, 6.07) is 0. The van der Waals surface area contributed by atoms with E-state index in [1.165, 1.54) is 51.6 Å². The number of hydrogen-bond acceptors (Lipinski definition) is 2. The Morgan fingerprint density at radius 3 is 2.28 bits per heavy atom. The fourth-order valence-electron chi connectivity index (χ4n) is 4.53. The van der Waals surface area contributed by atoms with E-state index in [4.69, 9.17) is 5.73 Å². The average Bonchev–Trinajstić information content (AvgIpc) is 2.53. The molecule has 2 N–H and O–H groups in total. The van der Waals surface area contributed by atoms with E-state index in [-0.39, 0.29) is 0 Å². The van der Waals surface area contributed by atoms with Gasteiger partial charge in [-0.2, -0.15) is 0 Å². The number of likely N-dealkylation sites (tertiary alicyclic amines) is 1. The molecule has 2 fully saturated rings. The summed E-state index contributed by atoms with van der Waals surface area (Å²) in [4.78, 5) is 2.77. The van der Waals surface area contributed by atoms with Gasteiger partial charge in [-0.15, -0.1) is 0 Å². The predicted octanol–water partition coefficient (Wildman–Crippen LogP) is 3.26. The molecule has 18 heavy (non-hydrogen) atoms. The second-order valence-corrected chi connectivity index (χ2v) is 7.31. The Hall–Kier alpha value is -0.0800. The van der Waals surface area contributed by atoms with Crippen LogP contribution in [0.4, 0.5) is 0 Å². The highest BCUT2D eigenvalue weighted by Gasteiger charge is 2.41. The minimum atomic E-state index is 0.321. The van der Waals surface area contributed by atoms with Crippen molar-refractivity contribution in [2.75, 3.05) is 19.6 Å². The van der Waals surface area contributed by atoms with Crippen LogP contribution in [0.1, 0.15) is 59.3 Å². The van der Waals surface area contributed by atoms with E-state index in [0.29, 0.717) is 5.54 Å². The molecule has 106 valence electrons. The lowest BCUT2D eigenvalue weighted by atomic mass is 9.70. The van der Waals surface area contributed by atoms with Crippen molar-refractivity contribution in [3.05, 3.63) is 0 Å². The molecule has 2 nitrogen and oxygen atoms in total. The first-order chi connectivity index (χ1) is 8.55. The quantitative estimate of drug-likeness (QED) is 0.817. The van der Waals surface area contributed by atoms with Crippen molar-refractivity contribution >= 4 is 0 Å². The maximum Gasteiger partial charge on any atom is 0.0336 e. The van der Waals surface area contributed by atoms with Crippen molar-refractivity contribution in [2.45, 2.75) is 64.8 Å². The molecule has 0 amide bonds. The first kappa shape index (κ1) is 14.3. The third kappa shape index (κ3) is 3.08. The molecule has 3 atom stereocenters. The van der Waals surface area contributed by atoms with Crippen LogP contribution in [-0.4, -0.2) is 30.1 Å². The van der Waals surface area contributed by atoms with Crippen molar-refractivity contribution < 1.29 is 0 Å². The molecule has 1 saturated carbocycles. The Morgan fingerprint density at radius 2 is 1.67 bits per heavy atom. The normalized spacial score (nSPS) is 43.7. The largest absolute Gasteiger partial charge is 0.329 e. The first-order valence-electron chi connectivity index (χ1n) is 8.01. The van der Waals surface area contributed by atoms with Crippen LogP contribution in [-0.2, 0) is 0 Å². The van der Waals surface area contributed by atoms with Crippen LogP contribution in [0.15, 0.2) is 0 Å². The molecule has 1 saturated heterocycles. The summed E-state index contributed by atoms with van der Waals surface area (Å²) in [5.74, 6) is 2.60. The van der Waals surface area contributed by atoms with E-state index in [1.54, 1.807) is 0 Å². The standard InChI is InChI=1S/C16H32N2/c1-13-5-4-7-18(8-6-13)16(12-17)10-14(2)9-15(3)11-16/h13-15H,4-12,17H2,1-3H3. The van der Waals surface area contributed by atoms with Crippen molar-refractivity contribution in [3.8, 4) is 0 Å². The highest BCUT2D eigenvalue weighted by atomic mass is 15.2. The minimum Gasteiger partial charge on any atom is -0.329 e.